The summed E-state index contributed by atoms with van der Waals surface area (Å²) in [5, 5.41) is 10.0. The molecule has 4 rings (SSSR count). The van der Waals surface area contributed by atoms with Crippen LogP contribution in [0.1, 0.15) is 18.4 Å². The zero-order valence-corrected chi connectivity index (χ0v) is 17.9. The van der Waals surface area contributed by atoms with Gasteiger partial charge in [-0.05, 0) is 36.6 Å². The number of hydrogen-bond donors (Lipinski definition) is 1. The second-order valence-corrected chi connectivity index (χ2v) is 8.26. The number of aromatic nitrogens is 3. The molecule has 2 aromatic carbocycles. The van der Waals surface area contributed by atoms with Gasteiger partial charge in [-0.1, -0.05) is 59.8 Å². The number of amides is 1. The van der Waals surface area contributed by atoms with Gasteiger partial charge in [0.05, 0.1) is 18.0 Å². The smallest absolute Gasteiger partial charge is 0.254 e. The molecule has 1 amide bonds. The number of hydroxylamine groups is 1. The molecule has 0 radical (unpaired) electrons. The molecule has 0 bridgehead atoms. The lowest BCUT2D eigenvalue weighted by Gasteiger charge is -2.18. The van der Waals surface area contributed by atoms with Crippen LogP contribution in [0.25, 0.3) is 5.69 Å². The molecule has 1 aliphatic heterocycles. The summed E-state index contributed by atoms with van der Waals surface area (Å²) in [6, 6.07) is 17.2. The minimum Gasteiger partial charge on any atom is -0.341 e. The summed E-state index contributed by atoms with van der Waals surface area (Å²) >= 11 is 7.52. The normalized spacial score (nSPS) is 13.6. The fourth-order valence-electron chi connectivity index (χ4n) is 3.25. The molecule has 1 fully saturated rings. The maximum absolute atomic E-state index is 12.2. The molecular formula is C21H22ClN5O2S. The Bertz CT molecular complexity index is 992. The summed E-state index contributed by atoms with van der Waals surface area (Å²) in [4.78, 5) is 19.7. The summed E-state index contributed by atoms with van der Waals surface area (Å²) in [5.74, 6) is 0.699. The third-order valence-corrected chi connectivity index (χ3v) is 5.84. The van der Waals surface area contributed by atoms with E-state index in [-0.39, 0.29) is 11.7 Å². The number of anilines is 1. The van der Waals surface area contributed by atoms with Gasteiger partial charge in [0.15, 0.2) is 5.16 Å². The minimum absolute atomic E-state index is 0.160. The number of carbonyl (C=O) groups excluding carboxylic acids is 1. The van der Waals surface area contributed by atoms with Gasteiger partial charge in [-0.15, -0.1) is 10.2 Å². The van der Waals surface area contributed by atoms with E-state index in [2.05, 4.69) is 20.6 Å². The SMILES string of the molecule is O=C(CSc1nnc(N2CCCC2)n1-c1cccc(Cl)c1)NOCc1ccccc1. The first-order chi connectivity index (χ1) is 14.7. The van der Waals surface area contributed by atoms with Crippen LogP contribution < -0.4 is 10.4 Å². The highest BCUT2D eigenvalue weighted by Crippen LogP contribution is 2.29. The molecule has 1 saturated heterocycles. The van der Waals surface area contributed by atoms with Crippen LogP contribution in [-0.4, -0.2) is 39.5 Å². The van der Waals surface area contributed by atoms with Crippen LogP contribution in [0.3, 0.4) is 0 Å². The summed E-state index contributed by atoms with van der Waals surface area (Å²) in [5.41, 5.74) is 4.34. The van der Waals surface area contributed by atoms with Crippen molar-refractivity contribution >= 4 is 35.2 Å². The van der Waals surface area contributed by atoms with E-state index < -0.39 is 0 Å². The van der Waals surface area contributed by atoms with Gasteiger partial charge in [-0.25, -0.2) is 5.48 Å². The first kappa shape index (κ1) is 20.7. The van der Waals surface area contributed by atoms with E-state index in [1.165, 1.54) is 11.8 Å². The highest BCUT2D eigenvalue weighted by molar-refractivity contribution is 7.99. The zero-order chi connectivity index (χ0) is 20.8. The van der Waals surface area contributed by atoms with Crippen molar-refractivity contribution in [2.45, 2.75) is 24.6 Å². The Hall–Kier alpha value is -2.55. The number of nitrogens with zero attached hydrogens (tertiary/aromatic N) is 4. The summed E-state index contributed by atoms with van der Waals surface area (Å²) in [6.45, 7) is 2.20. The maximum atomic E-state index is 12.2. The van der Waals surface area contributed by atoms with Crippen molar-refractivity contribution in [3.8, 4) is 5.69 Å². The molecule has 2 heterocycles. The Kier molecular flexibility index (Phi) is 6.88. The average Bonchev–Trinajstić information content (AvgIpc) is 3.43. The molecule has 0 spiro atoms. The lowest BCUT2D eigenvalue weighted by Crippen LogP contribution is -2.25. The molecule has 1 aliphatic rings. The molecule has 9 heteroatoms. The molecule has 0 aliphatic carbocycles. The lowest BCUT2D eigenvalue weighted by atomic mass is 10.2. The Morgan fingerprint density at radius 1 is 1.10 bits per heavy atom. The number of rotatable bonds is 8. The maximum Gasteiger partial charge on any atom is 0.254 e. The summed E-state index contributed by atoms with van der Waals surface area (Å²) in [6.07, 6.45) is 2.26. The number of nitrogens with one attached hydrogen (secondary N) is 1. The Balaban J connectivity index is 1.42. The van der Waals surface area contributed by atoms with Gasteiger partial charge in [-0.3, -0.25) is 14.2 Å². The van der Waals surface area contributed by atoms with Crippen molar-refractivity contribution < 1.29 is 9.63 Å². The number of thioether (sulfide) groups is 1. The average molecular weight is 444 g/mol. The third-order valence-electron chi connectivity index (χ3n) is 4.67. The summed E-state index contributed by atoms with van der Waals surface area (Å²) in [7, 11) is 0. The molecule has 1 aromatic heterocycles. The van der Waals surface area contributed by atoms with Crippen LogP contribution in [0.2, 0.25) is 5.02 Å². The van der Waals surface area contributed by atoms with E-state index in [0.29, 0.717) is 16.8 Å². The number of carbonyl (C=O) groups is 1. The molecular weight excluding hydrogens is 422 g/mol. The monoisotopic (exact) mass is 443 g/mol. The van der Waals surface area contributed by atoms with Gasteiger partial charge < -0.3 is 4.90 Å². The van der Waals surface area contributed by atoms with Crippen LogP contribution >= 0.6 is 23.4 Å². The van der Waals surface area contributed by atoms with Gasteiger partial charge in [0.1, 0.15) is 0 Å². The fourth-order valence-corrected chi connectivity index (χ4v) is 4.17. The van der Waals surface area contributed by atoms with E-state index in [9.17, 15) is 4.79 Å². The zero-order valence-electron chi connectivity index (χ0n) is 16.3. The van der Waals surface area contributed by atoms with Crippen molar-refractivity contribution in [3.63, 3.8) is 0 Å². The second-order valence-electron chi connectivity index (χ2n) is 6.88. The molecule has 3 aromatic rings. The molecule has 7 nitrogen and oxygen atoms in total. The van der Waals surface area contributed by atoms with Crippen molar-refractivity contribution in [3.05, 3.63) is 65.2 Å². The largest absolute Gasteiger partial charge is 0.341 e. The Labute approximate surface area is 184 Å². The van der Waals surface area contributed by atoms with Crippen molar-refractivity contribution in [2.24, 2.45) is 0 Å². The number of halogens is 1. The standard InChI is InChI=1S/C21H22ClN5O2S/c22-17-9-6-10-18(13-17)27-20(26-11-4-5-12-26)23-24-21(27)30-15-19(28)25-29-14-16-7-2-1-3-8-16/h1-3,6-10,13H,4-5,11-12,14-15H2,(H,25,28). The van der Waals surface area contributed by atoms with Crippen LogP contribution in [0.4, 0.5) is 5.95 Å². The number of hydrogen-bond acceptors (Lipinski definition) is 6. The lowest BCUT2D eigenvalue weighted by molar-refractivity contribution is -0.131. The van der Waals surface area contributed by atoms with Gasteiger partial charge in [0.25, 0.3) is 5.91 Å². The first-order valence-corrected chi connectivity index (χ1v) is 11.1. The predicted octanol–water partition coefficient (Wildman–Crippen LogP) is 3.86. The third kappa shape index (κ3) is 5.13. The Morgan fingerprint density at radius 3 is 2.67 bits per heavy atom. The topological polar surface area (TPSA) is 72.3 Å². The van der Waals surface area contributed by atoms with Crippen molar-refractivity contribution in [1.29, 1.82) is 0 Å². The van der Waals surface area contributed by atoms with Gasteiger partial charge in [0, 0.05) is 18.1 Å². The molecule has 156 valence electrons. The van der Waals surface area contributed by atoms with E-state index in [1.54, 1.807) is 0 Å². The quantitative estimate of drug-likeness (QED) is 0.421. The van der Waals surface area contributed by atoms with Gasteiger partial charge >= 0.3 is 0 Å². The van der Waals surface area contributed by atoms with E-state index in [1.807, 2.05) is 59.2 Å². The Morgan fingerprint density at radius 2 is 1.90 bits per heavy atom. The number of benzene rings is 2. The highest BCUT2D eigenvalue weighted by atomic mass is 35.5. The first-order valence-electron chi connectivity index (χ1n) is 9.74. The van der Waals surface area contributed by atoms with Crippen LogP contribution in [-0.2, 0) is 16.2 Å². The van der Waals surface area contributed by atoms with Crippen LogP contribution in [0, 0.1) is 0 Å². The van der Waals surface area contributed by atoms with E-state index in [0.717, 1.165) is 43.1 Å². The van der Waals surface area contributed by atoms with Crippen LogP contribution in [0.5, 0.6) is 0 Å². The predicted molar refractivity (Wildman–Crippen MR) is 118 cm³/mol. The van der Waals surface area contributed by atoms with Gasteiger partial charge in [0.2, 0.25) is 5.95 Å². The minimum atomic E-state index is -0.237. The fraction of sp³-hybridized carbons (Fsp3) is 0.286. The van der Waals surface area contributed by atoms with Crippen molar-refractivity contribution in [1.82, 2.24) is 20.2 Å². The van der Waals surface area contributed by atoms with Crippen molar-refractivity contribution in [2.75, 3.05) is 23.7 Å². The molecule has 0 atom stereocenters. The van der Waals surface area contributed by atoms with Gasteiger partial charge in [-0.2, -0.15) is 0 Å². The molecule has 0 unspecified atom stereocenters. The summed E-state index contributed by atoms with van der Waals surface area (Å²) < 4.78 is 1.96. The van der Waals surface area contributed by atoms with Crippen LogP contribution in [0.15, 0.2) is 59.8 Å². The second kappa shape index (κ2) is 9.97. The highest BCUT2D eigenvalue weighted by Gasteiger charge is 2.23. The van der Waals surface area contributed by atoms with E-state index in [4.69, 9.17) is 16.4 Å². The molecule has 0 saturated carbocycles. The molecule has 30 heavy (non-hydrogen) atoms. The van der Waals surface area contributed by atoms with E-state index >= 15 is 0 Å². The molecule has 1 N–H and O–H groups in total.